The topological polar surface area (TPSA) is 95.6 Å². The van der Waals surface area contributed by atoms with Gasteiger partial charge in [-0.3, -0.25) is 10.1 Å². The third kappa shape index (κ3) is 4.02. The van der Waals surface area contributed by atoms with Crippen LogP contribution in [0.2, 0.25) is 0 Å². The minimum Gasteiger partial charge on any atom is -0.392 e. The van der Waals surface area contributed by atoms with Gasteiger partial charge in [0.25, 0.3) is 5.69 Å². The summed E-state index contributed by atoms with van der Waals surface area (Å²) in [5.74, 6) is -0.413. The van der Waals surface area contributed by atoms with E-state index in [-0.39, 0.29) is 24.5 Å². The van der Waals surface area contributed by atoms with Gasteiger partial charge >= 0.3 is 0 Å². The predicted octanol–water partition coefficient (Wildman–Crippen LogP) is 2.55. The lowest BCUT2D eigenvalue weighted by atomic mass is 9.96. The van der Waals surface area contributed by atoms with Crippen molar-refractivity contribution in [1.29, 1.82) is 0 Å². The van der Waals surface area contributed by atoms with Crippen molar-refractivity contribution in [1.82, 2.24) is 0 Å². The highest BCUT2D eigenvalue weighted by Crippen LogP contribution is 2.28. The Hall–Kier alpha value is -2.51. The normalized spacial score (nSPS) is 13.4. The predicted molar refractivity (Wildman–Crippen MR) is 83.5 cm³/mol. The molecule has 23 heavy (non-hydrogen) atoms. The molecule has 0 saturated heterocycles. The van der Waals surface area contributed by atoms with E-state index >= 15 is 0 Å². The fraction of sp³-hybridized carbons (Fsp3) is 0.250. The van der Waals surface area contributed by atoms with Gasteiger partial charge in [-0.1, -0.05) is 12.1 Å². The number of anilines is 1. The number of halogens is 1. The number of nitrogens with one attached hydrogen (secondary N) is 1. The second-order valence-corrected chi connectivity index (χ2v) is 5.40. The number of aliphatic hydroxyl groups excluding tert-OH is 1. The van der Waals surface area contributed by atoms with Gasteiger partial charge in [0.2, 0.25) is 0 Å². The minimum absolute atomic E-state index is 0.0195. The van der Waals surface area contributed by atoms with Gasteiger partial charge in [-0.2, -0.15) is 0 Å². The van der Waals surface area contributed by atoms with E-state index in [1.165, 1.54) is 49.4 Å². The Bertz CT molecular complexity index is 702. The van der Waals surface area contributed by atoms with Crippen LogP contribution in [-0.4, -0.2) is 21.7 Å². The van der Waals surface area contributed by atoms with Gasteiger partial charge in [-0.15, -0.1) is 0 Å². The average molecular weight is 320 g/mol. The Morgan fingerprint density at radius 1 is 1.26 bits per heavy atom. The standard InChI is InChI=1S/C16H17FN2O4/c1-16(21,12-3-5-13(17)6-4-12)10-18-14-8-11(9-20)2-7-15(14)19(22)23/h2-8,18,20-21H,9-10H2,1H3. The molecule has 0 aliphatic rings. The van der Waals surface area contributed by atoms with Crippen LogP contribution in [0.5, 0.6) is 0 Å². The first-order chi connectivity index (χ1) is 10.8. The van der Waals surface area contributed by atoms with Crippen molar-refractivity contribution >= 4 is 11.4 Å². The highest BCUT2D eigenvalue weighted by Gasteiger charge is 2.24. The largest absolute Gasteiger partial charge is 0.392 e. The summed E-state index contributed by atoms with van der Waals surface area (Å²) in [5.41, 5.74) is -0.315. The molecule has 0 radical (unpaired) electrons. The van der Waals surface area contributed by atoms with Gasteiger partial charge in [0.15, 0.2) is 0 Å². The molecular formula is C16H17FN2O4. The summed E-state index contributed by atoms with van der Waals surface area (Å²) in [6, 6.07) is 9.59. The van der Waals surface area contributed by atoms with E-state index in [1.807, 2.05) is 0 Å². The minimum atomic E-state index is -1.35. The second kappa shape index (κ2) is 6.72. The molecule has 1 unspecified atom stereocenters. The molecule has 0 spiro atoms. The van der Waals surface area contributed by atoms with Gasteiger partial charge in [0, 0.05) is 12.6 Å². The molecule has 2 aromatic carbocycles. The van der Waals surface area contributed by atoms with Gasteiger partial charge in [0.1, 0.15) is 17.1 Å². The lowest BCUT2D eigenvalue weighted by Crippen LogP contribution is -2.31. The average Bonchev–Trinajstić information content (AvgIpc) is 2.53. The van der Waals surface area contributed by atoms with E-state index < -0.39 is 16.3 Å². The summed E-state index contributed by atoms with van der Waals surface area (Å²) >= 11 is 0. The maximum Gasteiger partial charge on any atom is 0.292 e. The van der Waals surface area contributed by atoms with Crippen LogP contribution in [0.4, 0.5) is 15.8 Å². The lowest BCUT2D eigenvalue weighted by molar-refractivity contribution is -0.384. The summed E-state index contributed by atoms with van der Waals surface area (Å²) in [7, 11) is 0. The fourth-order valence-electron chi connectivity index (χ4n) is 2.16. The number of nitrogens with zero attached hydrogens (tertiary/aromatic N) is 1. The molecule has 6 nitrogen and oxygen atoms in total. The molecule has 7 heteroatoms. The Balaban J connectivity index is 2.22. The maximum atomic E-state index is 13.0. The molecule has 2 aromatic rings. The monoisotopic (exact) mass is 320 g/mol. The zero-order chi connectivity index (χ0) is 17.0. The van der Waals surface area contributed by atoms with Crippen LogP contribution in [-0.2, 0) is 12.2 Å². The van der Waals surface area contributed by atoms with Crippen LogP contribution in [0, 0.1) is 15.9 Å². The van der Waals surface area contributed by atoms with Crippen LogP contribution in [0.15, 0.2) is 42.5 Å². The van der Waals surface area contributed by atoms with E-state index in [0.717, 1.165) is 0 Å². The lowest BCUT2D eigenvalue weighted by Gasteiger charge is -2.25. The van der Waals surface area contributed by atoms with Crippen molar-refractivity contribution in [3.05, 3.63) is 69.5 Å². The van der Waals surface area contributed by atoms with Crippen LogP contribution in [0.1, 0.15) is 18.1 Å². The Morgan fingerprint density at radius 3 is 2.48 bits per heavy atom. The third-order valence-electron chi connectivity index (χ3n) is 3.53. The Morgan fingerprint density at radius 2 is 1.91 bits per heavy atom. The van der Waals surface area contributed by atoms with E-state index in [9.17, 15) is 19.6 Å². The smallest absolute Gasteiger partial charge is 0.292 e. The number of nitro groups is 1. The van der Waals surface area contributed by atoms with Crippen molar-refractivity contribution in [2.75, 3.05) is 11.9 Å². The van der Waals surface area contributed by atoms with Crippen LogP contribution < -0.4 is 5.32 Å². The number of hydrogen-bond acceptors (Lipinski definition) is 5. The number of benzene rings is 2. The van der Waals surface area contributed by atoms with Gasteiger partial charge in [-0.25, -0.2) is 4.39 Å². The van der Waals surface area contributed by atoms with Gasteiger partial charge < -0.3 is 15.5 Å². The van der Waals surface area contributed by atoms with Crippen molar-refractivity contribution in [2.45, 2.75) is 19.1 Å². The quantitative estimate of drug-likeness (QED) is 0.561. The van der Waals surface area contributed by atoms with Crippen molar-refractivity contribution in [2.24, 2.45) is 0 Å². The van der Waals surface area contributed by atoms with E-state index in [0.29, 0.717) is 11.1 Å². The van der Waals surface area contributed by atoms with E-state index in [2.05, 4.69) is 5.32 Å². The Labute approximate surface area is 132 Å². The first kappa shape index (κ1) is 16.9. The molecule has 0 bridgehead atoms. The van der Waals surface area contributed by atoms with Crippen LogP contribution >= 0.6 is 0 Å². The van der Waals surface area contributed by atoms with Crippen LogP contribution in [0.3, 0.4) is 0 Å². The SMILES string of the molecule is CC(O)(CNc1cc(CO)ccc1[N+](=O)[O-])c1ccc(F)cc1. The van der Waals surface area contributed by atoms with Gasteiger partial charge in [0.05, 0.1) is 11.5 Å². The fourth-order valence-corrected chi connectivity index (χ4v) is 2.16. The van der Waals surface area contributed by atoms with Crippen molar-refractivity contribution in [3.8, 4) is 0 Å². The number of hydrogen-bond donors (Lipinski definition) is 3. The molecule has 0 heterocycles. The summed E-state index contributed by atoms with van der Waals surface area (Å²) in [6.45, 7) is 1.25. The summed E-state index contributed by atoms with van der Waals surface area (Å²) in [4.78, 5) is 10.5. The summed E-state index contributed by atoms with van der Waals surface area (Å²) in [5, 5.41) is 33.5. The second-order valence-electron chi connectivity index (χ2n) is 5.40. The zero-order valence-corrected chi connectivity index (χ0v) is 12.5. The summed E-state index contributed by atoms with van der Waals surface area (Å²) < 4.78 is 13.0. The number of aliphatic hydroxyl groups is 2. The molecule has 0 aromatic heterocycles. The third-order valence-corrected chi connectivity index (χ3v) is 3.53. The molecule has 0 aliphatic heterocycles. The molecular weight excluding hydrogens is 303 g/mol. The van der Waals surface area contributed by atoms with Gasteiger partial charge in [-0.05, 0) is 42.3 Å². The molecule has 0 saturated carbocycles. The Kier molecular flexibility index (Phi) is 4.92. The highest BCUT2D eigenvalue weighted by molar-refractivity contribution is 5.63. The molecule has 2 rings (SSSR count). The molecule has 3 N–H and O–H groups in total. The van der Waals surface area contributed by atoms with Crippen molar-refractivity contribution < 1.29 is 19.5 Å². The van der Waals surface area contributed by atoms with Crippen LogP contribution in [0.25, 0.3) is 0 Å². The molecule has 0 fully saturated rings. The number of nitro benzene ring substituents is 1. The zero-order valence-electron chi connectivity index (χ0n) is 12.5. The van der Waals surface area contributed by atoms with Crippen molar-refractivity contribution in [3.63, 3.8) is 0 Å². The van der Waals surface area contributed by atoms with E-state index in [4.69, 9.17) is 5.11 Å². The first-order valence-corrected chi connectivity index (χ1v) is 6.94. The number of rotatable bonds is 6. The first-order valence-electron chi connectivity index (χ1n) is 6.94. The summed E-state index contributed by atoms with van der Waals surface area (Å²) in [6.07, 6.45) is 0. The van der Waals surface area contributed by atoms with E-state index in [1.54, 1.807) is 0 Å². The highest BCUT2D eigenvalue weighted by atomic mass is 19.1. The molecule has 0 aliphatic carbocycles. The molecule has 0 amide bonds. The molecule has 1 atom stereocenters. The molecule has 122 valence electrons. The maximum absolute atomic E-state index is 13.0.